The largest absolute Gasteiger partial charge is 0.367 e. The lowest BCUT2D eigenvalue weighted by Gasteiger charge is -2.36. The highest BCUT2D eigenvalue weighted by Gasteiger charge is 2.22. The quantitative estimate of drug-likeness (QED) is 0.523. The number of nitrogens with zero attached hydrogens (tertiary/aromatic N) is 3. The van der Waals surface area contributed by atoms with E-state index in [0.717, 1.165) is 57.8 Å². The van der Waals surface area contributed by atoms with Crippen molar-refractivity contribution in [2.75, 3.05) is 36.0 Å². The second-order valence-corrected chi connectivity index (χ2v) is 8.26. The summed E-state index contributed by atoms with van der Waals surface area (Å²) in [5, 5.41) is 3.02. The minimum atomic E-state index is 0.595. The number of halogens is 3. The van der Waals surface area contributed by atoms with Gasteiger partial charge in [0.2, 0.25) is 0 Å². The number of anilines is 2. The van der Waals surface area contributed by atoms with E-state index in [0.29, 0.717) is 10.0 Å². The molecule has 2 aromatic carbocycles. The highest BCUT2D eigenvalue weighted by Crippen LogP contribution is 2.37. The summed E-state index contributed by atoms with van der Waals surface area (Å²) in [4.78, 5) is 9.41. The van der Waals surface area contributed by atoms with Gasteiger partial charge in [0.05, 0.1) is 31.0 Å². The van der Waals surface area contributed by atoms with Crippen LogP contribution in [0.5, 0.6) is 0 Å². The molecule has 0 amide bonds. The first kappa shape index (κ1) is 17.2. The van der Waals surface area contributed by atoms with Crippen LogP contribution in [0.15, 0.2) is 30.3 Å². The minimum Gasteiger partial charge on any atom is -0.367 e. The molecule has 0 atom stereocenters. The Hall–Kier alpha value is -1.20. The molecule has 3 nitrogen and oxygen atoms in total. The normalized spacial score (nSPS) is 15.2. The van der Waals surface area contributed by atoms with Crippen LogP contribution in [0, 0.1) is 6.92 Å². The van der Waals surface area contributed by atoms with Gasteiger partial charge in [-0.3, -0.25) is 0 Å². The molecule has 0 unspecified atom stereocenters. The summed E-state index contributed by atoms with van der Waals surface area (Å²) in [6.45, 7) is 5.60. The first-order chi connectivity index (χ1) is 12.0. The molecular weight excluding hydrogens is 397 g/mol. The molecule has 7 heteroatoms. The van der Waals surface area contributed by atoms with Crippen LogP contribution in [-0.2, 0) is 0 Å². The predicted octanol–water partition coefficient (Wildman–Crippen LogP) is 5.89. The van der Waals surface area contributed by atoms with E-state index in [-0.39, 0.29) is 0 Å². The van der Waals surface area contributed by atoms with Gasteiger partial charge in [0.1, 0.15) is 0 Å². The van der Waals surface area contributed by atoms with E-state index < -0.39 is 0 Å². The number of piperazine rings is 1. The predicted molar refractivity (Wildman–Crippen MR) is 110 cm³/mol. The Morgan fingerprint density at radius 3 is 2.36 bits per heavy atom. The molecule has 1 aromatic heterocycles. The maximum Gasteiger partial charge on any atom is 0.186 e. The average Bonchev–Trinajstić information content (AvgIpc) is 3.08. The van der Waals surface area contributed by atoms with Crippen LogP contribution in [0.1, 0.15) is 5.56 Å². The summed E-state index contributed by atoms with van der Waals surface area (Å²) in [5.41, 5.74) is 3.16. The molecule has 0 aliphatic carbocycles. The molecule has 0 bridgehead atoms. The average molecular weight is 413 g/mol. The number of fused-ring (bicyclic) bond motifs is 1. The van der Waals surface area contributed by atoms with E-state index in [1.807, 2.05) is 30.3 Å². The second-order valence-electron chi connectivity index (χ2n) is 6.09. The molecule has 2 heterocycles. The number of hydrogen-bond donors (Lipinski definition) is 0. The fraction of sp³-hybridized carbons (Fsp3) is 0.278. The van der Waals surface area contributed by atoms with E-state index in [1.165, 1.54) is 0 Å². The van der Waals surface area contributed by atoms with Gasteiger partial charge in [-0.05, 0) is 30.7 Å². The van der Waals surface area contributed by atoms with Crippen molar-refractivity contribution in [1.82, 2.24) is 4.98 Å². The standard InChI is InChI=1S/C18H16Cl3N3S/c1-11-5-6-13(20)17-16(11)22-18(25-17)24-9-7-23(8-10-24)14-4-2-3-12(19)15(14)21/h2-6H,7-10H2,1H3. The Balaban J connectivity index is 1.55. The van der Waals surface area contributed by atoms with Gasteiger partial charge in [0.25, 0.3) is 0 Å². The first-order valence-corrected chi connectivity index (χ1v) is 9.99. The van der Waals surface area contributed by atoms with Crippen LogP contribution in [0.2, 0.25) is 15.1 Å². The third kappa shape index (κ3) is 3.17. The number of benzene rings is 2. The SMILES string of the molecule is Cc1ccc(Cl)c2sc(N3CCN(c4cccc(Cl)c4Cl)CC3)nc12. The zero-order valence-corrected chi connectivity index (χ0v) is 16.7. The van der Waals surface area contributed by atoms with Crippen molar-refractivity contribution in [2.45, 2.75) is 6.92 Å². The summed E-state index contributed by atoms with van der Waals surface area (Å²) in [6, 6.07) is 9.74. The van der Waals surface area contributed by atoms with Crippen molar-refractivity contribution in [1.29, 1.82) is 0 Å². The Morgan fingerprint density at radius 2 is 1.64 bits per heavy atom. The third-order valence-electron chi connectivity index (χ3n) is 4.51. The summed E-state index contributed by atoms with van der Waals surface area (Å²) in [5.74, 6) is 0. The molecule has 130 valence electrons. The van der Waals surface area contributed by atoms with Crippen molar-refractivity contribution in [3.63, 3.8) is 0 Å². The topological polar surface area (TPSA) is 19.4 Å². The zero-order valence-electron chi connectivity index (χ0n) is 13.6. The molecule has 3 aromatic rings. The van der Waals surface area contributed by atoms with Crippen LogP contribution in [0.4, 0.5) is 10.8 Å². The van der Waals surface area contributed by atoms with Crippen LogP contribution < -0.4 is 9.80 Å². The Labute approximate surface area is 165 Å². The Kier molecular flexibility index (Phi) is 4.71. The number of aryl methyl sites for hydroxylation is 1. The number of thiazole rings is 1. The zero-order chi connectivity index (χ0) is 17.6. The van der Waals surface area contributed by atoms with E-state index in [1.54, 1.807) is 11.3 Å². The Bertz CT molecular complexity index is 894. The molecule has 0 radical (unpaired) electrons. The maximum absolute atomic E-state index is 6.36. The van der Waals surface area contributed by atoms with Crippen molar-refractivity contribution in [3.05, 3.63) is 51.0 Å². The summed E-state index contributed by atoms with van der Waals surface area (Å²) < 4.78 is 1.07. The van der Waals surface area contributed by atoms with Gasteiger partial charge in [-0.1, -0.05) is 58.3 Å². The van der Waals surface area contributed by atoms with Gasteiger partial charge in [-0.25, -0.2) is 4.98 Å². The molecule has 1 aliphatic rings. The summed E-state index contributed by atoms with van der Waals surface area (Å²) in [7, 11) is 0. The fourth-order valence-corrected chi connectivity index (χ4v) is 4.88. The van der Waals surface area contributed by atoms with Gasteiger partial charge in [0, 0.05) is 26.2 Å². The minimum absolute atomic E-state index is 0.595. The molecule has 1 aliphatic heterocycles. The molecular formula is C18H16Cl3N3S. The van der Waals surface area contributed by atoms with Crippen molar-refractivity contribution < 1.29 is 0 Å². The summed E-state index contributed by atoms with van der Waals surface area (Å²) >= 11 is 20.5. The molecule has 1 saturated heterocycles. The lowest BCUT2D eigenvalue weighted by Crippen LogP contribution is -2.46. The smallest absolute Gasteiger partial charge is 0.186 e. The van der Waals surface area contributed by atoms with Crippen molar-refractivity contribution in [2.24, 2.45) is 0 Å². The van der Waals surface area contributed by atoms with E-state index in [9.17, 15) is 0 Å². The van der Waals surface area contributed by atoms with E-state index >= 15 is 0 Å². The molecule has 1 fully saturated rings. The highest BCUT2D eigenvalue weighted by atomic mass is 35.5. The van der Waals surface area contributed by atoms with Crippen LogP contribution in [0.25, 0.3) is 10.2 Å². The maximum atomic E-state index is 6.36. The molecule has 0 spiro atoms. The lowest BCUT2D eigenvalue weighted by molar-refractivity contribution is 0.652. The van der Waals surface area contributed by atoms with Crippen molar-refractivity contribution in [3.8, 4) is 0 Å². The lowest BCUT2D eigenvalue weighted by atomic mass is 10.2. The van der Waals surface area contributed by atoms with E-state index in [4.69, 9.17) is 39.8 Å². The molecule has 25 heavy (non-hydrogen) atoms. The molecule has 0 N–H and O–H groups in total. The monoisotopic (exact) mass is 411 g/mol. The molecule has 0 saturated carbocycles. The summed E-state index contributed by atoms with van der Waals surface area (Å²) in [6.07, 6.45) is 0. The fourth-order valence-electron chi connectivity index (χ4n) is 3.10. The first-order valence-electron chi connectivity index (χ1n) is 8.04. The van der Waals surface area contributed by atoms with Gasteiger partial charge in [0.15, 0.2) is 5.13 Å². The van der Waals surface area contributed by atoms with Gasteiger partial charge in [-0.2, -0.15) is 0 Å². The van der Waals surface area contributed by atoms with Gasteiger partial charge in [-0.15, -0.1) is 0 Å². The molecule has 4 rings (SSSR count). The van der Waals surface area contributed by atoms with Crippen LogP contribution >= 0.6 is 46.1 Å². The van der Waals surface area contributed by atoms with Crippen LogP contribution in [-0.4, -0.2) is 31.2 Å². The number of hydrogen-bond acceptors (Lipinski definition) is 4. The van der Waals surface area contributed by atoms with Crippen LogP contribution in [0.3, 0.4) is 0 Å². The Morgan fingerprint density at radius 1 is 0.920 bits per heavy atom. The van der Waals surface area contributed by atoms with E-state index in [2.05, 4.69) is 16.7 Å². The van der Waals surface area contributed by atoms with Crippen molar-refractivity contribution >= 4 is 67.2 Å². The van der Waals surface area contributed by atoms with Gasteiger partial charge >= 0.3 is 0 Å². The third-order valence-corrected chi connectivity index (χ3v) is 6.89. The highest BCUT2D eigenvalue weighted by molar-refractivity contribution is 7.22. The second kappa shape index (κ2) is 6.84. The number of aromatic nitrogens is 1. The number of rotatable bonds is 2. The van der Waals surface area contributed by atoms with Gasteiger partial charge < -0.3 is 9.80 Å².